The first-order valence-electron chi connectivity index (χ1n) is 12.7. The summed E-state index contributed by atoms with van der Waals surface area (Å²) in [5, 5.41) is 0. The van der Waals surface area contributed by atoms with Crippen LogP contribution in [0.3, 0.4) is 0 Å². The lowest BCUT2D eigenvalue weighted by atomic mass is 9.87. The smallest absolute Gasteiger partial charge is 0.274 e. The Morgan fingerprint density at radius 3 is 1.40 bits per heavy atom. The van der Waals surface area contributed by atoms with Gasteiger partial charge in [0.25, 0.3) is 6.29 Å². The predicted octanol–water partition coefficient (Wildman–Crippen LogP) is 8.66. The van der Waals surface area contributed by atoms with Crippen LogP contribution in [0.15, 0.2) is 72.8 Å². The molecule has 0 heterocycles. The van der Waals surface area contributed by atoms with Crippen LogP contribution in [-0.4, -0.2) is 12.9 Å². The van der Waals surface area contributed by atoms with E-state index in [0.29, 0.717) is 5.92 Å². The van der Waals surface area contributed by atoms with Crippen molar-refractivity contribution in [3.05, 3.63) is 89.5 Å². The summed E-state index contributed by atoms with van der Waals surface area (Å²) in [7, 11) is 0. The molecule has 2 unspecified atom stereocenters. The zero-order chi connectivity index (χ0) is 25.6. The highest BCUT2D eigenvalue weighted by molar-refractivity contribution is 5.33. The van der Waals surface area contributed by atoms with Crippen molar-refractivity contribution in [3.8, 4) is 17.2 Å². The fourth-order valence-corrected chi connectivity index (χ4v) is 3.76. The SMILES string of the molecule is CCC(C)c1ccc(OC(COc2ccc(C(C)(C)C)cc2)Oc2ccc(C(C)(C)C)cc2)cc1. The van der Waals surface area contributed by atoms with Gasteiger partial charge in [-0.1, -0.05) is 91.8 Å². The Morgan fingerprint density at radius 1 is 0.600 bits per heavy atom. The lowest BCUT2D eigenvalue weighted by Gasteiger charge is -2.23. The number of rotatable bonds is 9. The summed E-state index contributed by atoms with van der Waals surface area (Å²) >= 11 is 0. The van der Waals surface area contributed by atoms with Gasteiger partial charge in [-0.2, -0.15) is 0 Å². The Hall–Kier alpha value is -2.94. The van der Waals surface area contributed by atoms with Crippen LogP contribution in [0.1, 0.15) is 84.4 Å². The third-order valence-electron chi connectivity index (χ3n) is 6.42. The van der Waals surface area contributed by atoms with Gasteiger partial charge >= 0.3 is 0 Å². The molecule has 0 saturated carbocycles. The second kappa shape index (κ2) is 11.2. The molecule has 0 saturated heterocycles. The maximum atomic E-state index is 6.24. The highest BCUT2D eigenvalue weighted by atomic mass is 16.7. The molecule has 3 aromatic rings. The molecule has 0 bridgehead atoms. The van der Waals surface area contributed by atoms with E-state index in [1.54, 1.807) is 0 Å². The van der Waals surface area contributed by atoms with E-state index in [9.17, 15) is 0 Å². The zero-order valence-corrected chi connectivity index (χ0v) is 22.7. The van der Waals surface area contributed by atoms with Gasteiger partial charge in [-0.25, -0.2) is 0 Å². The summed E-state index contributed by atoms with van der Waals surface area (Å²) in [5.41, 5.74) is 4.04. The minimum Gasteiger partial charge on any atom is -0.486 e. The topological polar surface area (TPSA) is 27.7 Å². The van der Waals surface area contributed by atoms with E-state index in [2.05, 4.69) is 91.8 Å². The molecular formula is C32H42O3. The van der Waals surface area contributed by atoms with Crippen LogP contribution in [0.25, 0.3) is 0 Å². The normalized spacial score (nSPS) is 13.7. The van der Waals surface area contributed by atoms with Gasteiger partial charge in [0.15, 0.2) is 6.61 Å². The number of benzene rings is 3. The second-order valence-corrected chi connectivity index (χ2v) is 11.4. The van der Waals surface area contributed by atoms with Crippen molar-refractivity contribution in [2.24, 2.45) is 0 Å². The van der Waals surface area contributed by atoms with Gasteiger partial charge < -0.3 is 14.2 Å². The van der Waals surface area contributed by atoms with E-state index in [0.717, 1.165) is 23.7 Å². The largest absolute Gasteiger partial charge is 0.486 e. The molecule has 0 N–H and O–H groups in total. The van der Waals surface area contributed by atoms with Crippen molar-refractivity contribution in [2.75, 3.05) is 6.61 Å². The maximum Gasteiger partial charge on any atom is 0.274 e. The molecule has 0 amide bonds. The molecule has 3 heteroatoms. The molecule has 0 aliphatic rings. The summed E-state index contributed by atoms with van der Waals surface area (Å²) in [6.45, 7) is 17.9. The van der Waals surface area contributed by atoms with Gasteiger partial charge in [-0.15, -0.1) is 0 Å². The van der Waals surface area contributed by atoms with Gasteiger partial charge in [0.2, 0.25) is 0 Å². The predicted molar refractivity (Wildman–Crippen MR) is 146 cm³/mol. The fraction of sp³-hybridized carbons (Fsp3) is 0.438. The van der Waals surface area contributed by atoms with E-state index < -0.39 is 6.29 Å². The van der Waals surface area contributed by atoms with Gasteiger partial charge in [0.1, 0.15) is 17.2 Å². The van der Waals surface area contributed by atoms with Gasteiger partial charge in [0, 0.05) is 0 Å². The Bertz CT molecular complexity index is 1040. The Labute approximate surface area is 212 Å². The van der Waals surface area contributed by atoms with Crippen LogP contribution in [0, 0.1) is 0 Å². The number of hydrogen-bond acceptors (Lipinski definition) is 3. The maximum absolute atomic E-state index is 6.24. The van der Waals surface area contributed by atoms with E-state index in [-0.39, 0.29) is 17.4 Å². The van der Waals surface area contributed by atoms with Crippen molar-refractivity contribution >= 4 is 0 Å². The molecule has 0 radical (unpaired) electrons. The first kappa shape index (κ1) is 26.7. The molecule has 35 heavy (non-hydrogen) atoms. The van der Waals surface area contributed by atoms with Crippen LogP contribution in [0.2, 0.25) is 0 Å². The zero-order valence-electron chi connectivity index (χ0n) is 22.7. The number of hydrogen-bond donors (Lipinski definition) is 0. The quantitative estimate of drug-likeness (QED) is 0.290. The van der Waals surface area contributed by atoms with Crippen molar-refractivity contribution in [2.45, 2.75) is 84.8 Å². The highest BCUT2D eigenvalue weighted by Crippen LogP contribution is 2.27. The van der Waals surface area contributed by atoms with Gasteiger partial charge in [0.05, 0.1) is 0 Å². The van der Waals surface area contributed by atoms with Gasteiger partial charge in [-0.3, -0.25) is 0 Å². The van der Waals surface area contributed by atoms with Crippen molar-refractivity contribution in [1.29, 1.82) is 0 Å². The first-order valence-corrected chi connectivity index (χ1v) is 12.7. The molecule has 3 aromatic carbocycles. The summed E-state index contributed by atoms with van der Waals surface area (Å²) < 4.78 is 18.6. The minimum absolute atomic E-state index is 0.0914. The van der Waals surface area contributed by atoms with Crippen LogP contribution in [0.4, 0.5) is 0 Å². The van der Waals surface area contributed by atoms with Crippen LogP contribution in [0.5, 0.6) is 17.2 Å². The molecule has 2 atom stereocenters. The van der Waals surface area contributed by atoms with Crippen LogP contribution in [-0.2, 0) is 10.8 Å². The monoisotopic (exact) mass is 474 g/mol. The Morgan fingerprint density at radius 2 is 1.00 bits per heavy atom. The molecule has 3 rings (SSSR count). The Kier molecular flexibility index (Phi) is 8.53. The Balaban J connectivity index is 1.74. The van der Waals surface area contributed by atoms with Crippen LogP contribution >= 0.6 is 0 Å². The standard InChI is InChI=1S/C32H42O3/c1-9-23(2)24-10-16-28(17-11-24)34-30(35-29-20-14-26(15-21-29)32(6,7)8)22-33-27-18-12-25(13-19-27)31(3,4)5/h10-21,23,30H,9,22H2,1-8H3. The summed E-state index contributed by atoms with van der Waals surface area (Å²) in [4.78, 5) is 0. The molecular weight excluding hydrogens is 432 g/mol. The van der Waals surface area contributed by atoms with Crippen molar-refractivity contribution in [1.82, 2.24) is 0 Å². The average Bonchev–Trinajstić information content (AvgIpc) is 2.82. The lowest BCUT2D eigenvalue weighted by molar-refractivity contribution is -0.0277. The minimum atomic E-state index is -0.591. The fourth-order valence-electron chi connectivity index (χ4n) is 3.76. The molecule has 3 nitrogen and oxygen atoms in total. The number of ether oxygens (including phenoxy) is 3. The van der Waals surface area contributed by atoms with E-state index in [1.165, 1.54) is 16.7 Å². The van der Waals surface area contributed by atoms with Gasteiger partial charge in [-0.05, 0) is 76.3 Å². The molecule has 0 aliphatic heterocycles. The third-order valence-corrected chi connectivity index (χ3v) is 6.42. The third kappa shape index (κ3) is 7.78. The summed E-state index contributed by atoms with van der Waals surface area (Å²) in [6, 6.07) is 24.8. The molecule has 0 spiro atoms. The van der Waals surface area contributed by atoms with E-state index in [1.807, 2.05) is 36.4 Å². The van der Waals surface area contributed by atoms with Crippen molar-refractivity contribution < 1.29 is 14.2 Å². The summed E-state index contributed by atoms with van der Waals surface area (Å²) in [5.74, 6) is 2.84. The second-order valence-electron chi connectivity index (χ2n) is 11.4. The molecule has 0 fully saturated rings. The molecule has 188 valence electrons. The molecule has 0 aliphatic carbocycles. The van der Waals surface area contributed by atoms with Crippen molar-refractivity contribution in [3.63, 3.8) is 0 Å². The average molecular weight is 475 g/mol. The summed E-state index contributed by atoms with van der Waals surface area (Å²) in [6.07, 6.45) is 0.519. The highest BCUT2D eigenvalue weighted by Gasteiger charge is 2.18. The van der Waals surface area contributed by atoms with E-state index >= 15 is 0 Å². The van der Waals surface area contributed by atoms with E-state index in [4.69, 9.17) is 14.2 Å². The van der Waals surface area contributed by atoms with Crippen LogP contribution < -0.4 is 14.2 Å². The first-order chi connectivity index (χ1) is 16.5. The lowest BCUT2D eigenvalue weighted by Crippen LogP contribution is -2.31. The molecule has 0 aromatic heterocycles.